The van der Waals surface area contributed by atoms with E-state index in [2.05, 4.69) is 15.3 Å². The summed E-state index contributed by atoms with van der Waals surface area (Å²) in [5.74, 6) is 1.18. The Morgan fingerprint density at radius 3 is 2.92 bits per heavy atom. The Balaban J connectivity index is 1.53. The lowest BCUT2D eigenvalue weighted by atomic mass is 10.1. The summed E-state index contributed by atoms with van der Waals surface area (Å²) in [6.45, 7) is 0.553. The van der Waals surface area contributed by atoms with E-state index in [0.717, 1.165) is 11.3 Å². The van der Waals surface area contributed by atoms with Gasteiger partial charge in [-0.15, -0.1) is 0 Å². The molecular formula is C17H16ClN5O3. The Kier molecular flexibility index (Phi) is 4.04. The van der Waals surface area contributed by atoms with Crippen molar-refractivity contribution in [1.29, 1.82) is 0 Å². The molecule has 1 N–H and O–H groups in total. The Hall–Kier alpha value is -3.00. The zero-order valence-corrected chi connectivity index (χ0v) is 14.9. The first kappa shape index (κ1) is 16.5. The number of amides is 1. The van der Waals surface area contributed by atoms with Crippen molar-refractivity contribution in [3.8, 4) is 22.8 Å². The van der Waals surface area contributed by atoms with E-state index in [1.54, 1.807) is 35.9 Å². The van der Waals surface area contributed by atoms with Crippen LogP contribution in [0.2, 0.25) is 5.02 Å². The number of aromatic amines is 1. The van der Waals surface area contributed by atoms with Gasteiger partial charge in [0.25, 0.3) is 5.91 Å². The monoisotopic (exact) mass is 373 g/mol. The first-order chi connectivity index (χ1) is 12.5. The molecule has 2 aromatic heterocycles. The molecule has 1 amide bonds. The van der Waals surface area contributed by atoms with Crippen LogP contribution < -0.4 is 9.47 Å². The van der Waals surface area contributed by atoms with Gasteiger partial charge in [-0.1, -0.05) is 11.6 Å². The number of benzene rings is 1. The van der Waals surface area contributed by atoms with Crippen molar-refractivity contribution in [2.24, 2.45) is 7.05 Å². The van der Waals surface area contributed by atoms with Crippen LogP contribution in [0.25, 0.3) is 11.3 Å². The predicted molar refractivity (Wildman–Crippen MR) is 94.2 cm³/mol. The molecule has 26 heavy (non-hydrogen) atoms. The van der Waals surface area contributed by atoms with Crippen molar-refractivity contribution in [3.05, 3.63) is 46.9 Å². The number of hydrogen-bond acceptors (Lipinski definition) is 5. The Labute approximate surface area is 154 Å². The minimum Gasteiger partial charge on any atom is -0.454 e. The summed E-state index contributed by atoms with van der Waals surface area (Å²) in [6.07, 6.45) is 1.56. The third kappa shape index (κ3) is 2.88. The van der Waals surface area contributed by atoms with Crippen molar-refractivity contribution in [1.82, 2.24) is 24.9 Å². The van der Waals surface area contributed by atoms with Gasteiger partial charge in [0.1, 0.15) is 5.69 Å². The summed E-state index contributed by atoms with van der Waals surface area (Å²) < 4.78 is 12.3. The first-order valence-corrected chi connectivity index (χ1v) is 8.28. The van der Waals surface area contributed by atoms with Gasteiger partial charge in [-0.3, -0.25) is 14.6 Å². The lowest BCUT2D eigenvalue weighted by Gasteiger charge is -2.16. The summed E-state index contributed by atoms with van der Waals surface area (Å²) in [7, 11) is 3.49. The SMILES string of the molecule is CN(Cc1c(Cl)cnn1C)C(=O)c1cc(-c2ccc3c(c2)OCO3)n[nH]1. The van der Waals surface area contributed by atoms with Crippen LogP contribution in [0.1, 0.15) is 16.2 Å². The lowest BCUT2D eigenvalue weighted by molar-refractivity contribution is 0.0776. The van der Waals surface area contributed by atoms with Crippen LogP contribution in [-0.2, 0) is 13.6 Å². The molecule has 0 saturated heterocycles. The molecule has 0 atom stereocenters. The first-order valence-electron chi connectivity index (χ1n) is 7.90. The highest BCUT2D eigenvalue weighted by molar-refractivity contribution is 6.31. The van der Waals surface area contributed by atoms with Crippen LogP contribution in [0.3, 0.4) is 0 Å². The number of H-pyrrole nitrogens is 1. The van der Waals surface area contributed by atoms with E-state index in [0.29, 0.717) is 34.5 Å². The Morgan fingerprint density at radius 1 is 1.35 bits per heavy atom. The highest BCUT2D eigenvalue weighted by Crippen LogP contribution is 2.35. The van der Waals surface area contributed by atoms with Gasteiger partial charge in [0, 0.05) is 19.7 Å². The number of rotatable bonds is 4. The fourth-order valence-corrected chi connectivity index (χ4v) is 2.98. The minimum atomic E-state index is -0.193. The molecule has 1 aliphatic rings. The van der Waals surface area contributed by atoms with Crippen LogP contribution in [0, 0.1) is 0 Å². The van der Waals surface area contributed by atoms with Crippen molar-refractivity contribution in [2.75, 3.05) is 13.8 Å². The third-order valence-electron chi connectivity index (χ3n) is 4.22. The topological polar surface area (TPSA) is 85.3 Å². The average Bonchev–Trinajstić information content (AvgIpc) is 3.36. The van der Waals surface area contributed by atoms with E-state index in [9.17, 15) is 4.79 Å². The van der Waals surface area contributed by atoms with E-state index < -0.39 is 0 Å². The number of carbonyl (C=O) groups excluding carboxylic acids is 1. The largest absolute Gasteiger partial charge is 0.454 e. The standard InChI is InChI=1S/C17H16ClN5O3/c1-22(8-14-11(18)7-19-23(14)2)17(24)13-6-12(20-21-13)10-3-4-15-16(5-10)26-9-25-15/h3-7H,8-9H2,1-2H3,(H,20,21). The summed E-state index contributed by atoms with van der Waals surface area (Å²) in [6, 6.07) is 7.24. The molecule has 0 unspecified atom stereocenters. The Bertz CT molecular complexity index is 961. The number of aryl methyl sites for hydroxylation is 1. The number of aromatic nitrogens is 4. The van der Waals surface area contributed by atoms with E-state index in [1.807, 2.05) is 18.2 Å². The average molecular weight is 374 g/mol. The number of ether oxygens (including phenoxy) is 2. The quantitative estimate of drug-likeness (QED) is 0.759. The maximum Gasteiger partial charge on any atom is 0.271 e. The second kappa shape index (κ2) is 6.38. The molecule has 0 aliphatic carbocycles. The molecule has 0 fully saturated rings. The van der Waals surface area contributed by atoms with Gasteiger partial charge >= 0.3 is 0 Å². The van der Waals surface area contributed by atoms with E-state index in [1.165, 1.54) is 0 Å². The lowest BCUT2D eigenvalue weighted by Crippen LogP contribution is -2.27. The van der Waals surface area contributed by atoms with Gasteiger partial charge < -0.3 is 14.4 Å². The molecule has 3 aromatic rings. The van der Waals surface area contributed by atoms with E-state index in [4.69, 9.17) is 21.1 Å². The van der Waals surface area contributed by atoms with Crippen LogP contribution >= 0.6 is 11.6 Å². The highest BCUT2D eigenvalue weighted by Gasteiger charge is 2.20. The molecule has 134 valence electrons. The molecule has 0 saturated carbocycles. The van der Waals surface area contributed by atoms with E-state index >= 15 is 0 Å². The van der Waals surface area contributed by atoms with Crippen molar-refractivity contribution in [2.45, 2.75) is 6.54 Å². The second-order valence-corrected chi connectivity index (χ2v) is 6.37. The molecular weight excluding hydrogens is 358 g/mol. The number of carbonyl (C=O) groups is 1. The Morgan fingerprint density at radius 2 is 2.15 bits per heavy atom. The number of hydrogen-bond donors (Lipinski definition) is 1. The van der Waals surface area contributed by atoms with Gasteiger partial charge in [-0.05, 0) is 24.3 Å². The fourth-order valence-electron chi connectivity index (χ4n) is 2.75. The molecule has 4 rings (SSSR count). The second-order valence-electron chi connectivity index (χ2n) is 5.96. The molecule has 0 bridgehead atoms. The third-order valence-corrected chi connectivity index (χ3v) is 4.54. The molecule has 8 nitrogen and oxygen atoms in total. The molecule has 3 heterocycles. The van der Waals surface area contributed by atoms with Crippen LogP contribution in [-0.4, -0.2) is 44.6 Å². The zero-order valence-electron chi connectivity index (χ0n) is 14.2. The molecule has 0 radical (unpaired) electrons. The number of nitrogens with one attached hydrogen (secondary N) is 1. The van der Waals surface area contributed by atoms with E-state index in [-0.39, 0.29) is 12.7 Å². The van der Waals surface area contributed by atoms with Crippen LogP contribution in [0.4, 0.5) is 0 Å². The zero-order chi connectivity index (χ0) is 18.3. The molecule has 9 heteroatoms. The summed E-state index contributed by atoms with van der Waals surface area (Å²) in [5, 5.41) is 11.6. The maximum absolute atomic E-state index is 12.7. The summed E-state index contributed by atoms with van der Waals surface area (Å²) in [4.78, 5) is 14.2. The fraction of sp³-hybridized carbons (Fsp3) is 0.235. The number of nitrogens with zero attached hydrogens (tertiary/aromatic N) is 4. The number of fused-ring (bicyclic) bond motifs is 1. The van der Waals surface area contributed by atoms with Crippen molar-refractivity contribution < 1.29 is 14.3 Å². The smallest absolute Gasteiger partial charge is 0.271 e. The highest BCUT2D eigenvalue weighted by atomic mass is 35.5. The van der Waals surface area contributed by atoms with Gasteiger partial charge in [-0.25, -0.2) is 0 Å². The van der Waals surface area contributed by atoms with Crippen molar-refractivity contribution in [3.63, 3.8) is 0 Å². The molecule has 1 aliphatic heterocycles. The maximum atomic E-state index is 12.7. The molecule has 0 spiro atoms. The summed E-state index contributed by atoms with van der Waals surface area (Å²) >= 11 is 6.11. The van der Waals surface area contributed by atoms with Gasteiger partial charge in [0.2, 0.25) is 6.79 Å². The van der Waals surface area contributed by atoms with Crippen LogP contribution in [0.15, 0.2) is 30.5 Å². The van der Waals surface area contributed by atoms with Gasteiger partial charge in [0.05, 0.1) is 29.2 Å². The number of halogens is 1. The van der Waals surface area contributed by atoms with Crippen molar-refractivity contribution >= 4 is 17.5 Å². The van der Waals surface area contributed by atoms with Gasteiger partial charge in [-0.2, -0.15) is 10.2 Å². The molecule has 1 aromatic carbocycles. The minimum absolute atomic E-state index is 0.193. The predicted octanol–water partition coefficient (Wildman–Crippen LogP) is 2.46. The van der Waals surface area contributed by atoms with Crippen LogP contribution in [0.5, 0.6) is 11.5 Å². The summed E-state index contributed by atoms with van der Waals surface area (Å²) in [5.41, 5.74) is 2.64. The normalized spacial score (nSPS) is 12.4. The van der Waals surface area contributed by atoms with Gasteiger partial charge in [0.15, 0.2) is 11.5 Å².